The van der Waals surface area contributed by atoms with E-state index in [1.165, 1.54) is 12.8 Å². The van der Waals surface area contributed by atoms with Gasteiger partial charge in [0.1, 0.15) is 0 Å². The number of nitrogens with one attached hydrogen (secondary N) is 1. The van der Waals surface area contributed by atoms with Crippen LogP contribution in [0.5, 0.6) is 0 Å². The van der Waals surface area contributed by atoms with E-state index < -0.39 is 0 Å². The molecule has 0 aromatic carbocycles. The van der Waals surface area contributed by atoms with E-state index in [-0.39, 0.29) is 12.1 Å². The van der Waals surface area contributed by atoms with Crippen LogP contribution in [0, 0.1) is 5.92 Å². The average Bonchev–Trinajstić information content (AvgIpc) is 2.87. The van der Waals surface area contributed by atoms with Crippen LogP contribution in [0.1, 0.15) is 46.5 Å². The molecule has 0 aromatic rings. The molecule has 0 heterocycles. The maximum atomic E-state index is 8.96. The molecule has 2 nitrogen and oxygen atoms in total. The average molecular weight is 185 g/mol. The van der Waals surface area contributed by atoms with Crippen molar-refractivity contribution < 1.29 is 5.11 Å². The van der Waals surface area contributed by atoms with E-state index in [4.69, 9.17) is 5.11 Å². The number of rotatable bonds is 6. The van der Waals surface area contributed by atoms with Gasteiger partial charge in [-0.3, -0.25) is 0 Å². The first-order valence-corrected chi connectivity index (χ1v) is 5.50. The molecule has 2 N–H and O–H groups in total. The van der Waals surface area contributed by atoms with Crippen LogP contribution in [-0.4, -0.2) is 23.3 Å². The second-order valence-electron chi connectivity index (χ2n) is 4.66. The molecule has 0 aromatic heterocycles. The number of aliphatic hydroxyl groups is 1. The maximum absolute atomic E-state index is 8.96. The van der Waals surface area contributed by atoms with E-state index in [0.29, 0.717) is 6.04 Å². The molecule has 2 heteroatoms. The molecule has 1 aliphatic rings. The first-order chi connectivity index (χ1) is 6.11. The lowest BCUT2D eigenvalue weighted by Gasteiger charge is -2.32. The standard InChI is InChI=1S/C11H23NO/c1-4-11(3,7-8-13)12-9(2)10-5-6-10/h9-10,12-13H,4-8H2,1-3H3. The number of hydrogen-bond donors (Lipinski definition) is 2. The smallest absolute Gasteiger partial charge is 0.0448 e. The summed E-state index contributed by atoms with van der Waals surface area (Å²) >= 11 is 0. The molecule has 78 valence electrons. The lowest BCUT2D eigenvalue weighted by atomic mass is 9.93. The van der Waals surface area contributed by atoms with Crippen LogP contribution in [0.15, 0.2) is 0 Å². The predicted molar refractivity (Wildman–Crippen MR) is 55.7 cm³/mol. The van der Waals surface area contributed by atoms with Gasteiger partial charge in [-0.25, -0.2) is 0 Å². The van der Waals surface area contributed by atoms with Gasteiger partial charge in [0.05, 0.1) is 0 Å². The molecule has 0 amide bonds. The van der Waals surface area contributed by atoms with Crippen molar-refractivity contribution in [2.24, 2.45) is 5.92 Å². The molecule has 2 unspecified atom stereocenters. The van der Waals surface area contributed by atoms with Crippen molar-refractivity contribution in [2.45, 2.75) is 58.0 Å². The maximum Gasteiger partial charge on any atom is 0.0448 e. The lowest BCUT2D eigenvalue weighted by molar-refractivity contribution is 0.200. The summed E-state index contributed by atoms with van der Waals surface area (Å²) < 4.78 is 0. The van der Waals surface area contributed by atoms with Crippen LogP contribution in [0.25, 0.3) is 0 Å². The van der Waals surface area contributed by atoms with Crippen molar-refractivity contribution in [2.75, 3.05) is 6.61 Å². The van der Waals surface area contributed by atoms with Crippen LogP contribution in [0.4, 0.5) is 0 Å². The zero-order valence-corrected chi connectivity index (χ0v) is 9.14. The Kier molecular flexibility index (Phi) is 3.74. The first kappa shape index (κ1) is 11.0. The minimum absolute atomic E-state index is 0.136. The van der Waals surface area contributed by atoms with Gasteiger partial charge in [-0.15, -0.1) is 0 Å². The van der Waals surface area contributed by atoms with Crippen molar-refractivity contribution in [3.8, 4) is 0 Å². The van der Waals surface area contributed by atoms with Crippen molar-refractivity contribution in [3.63, 3.8) is 0 Å². The Morgan fingerprint density at radius 1 is 1.54 bits per heavy atom. The summed E-state index contributed by atoms with van der Waals surface area (Å²) in [5.74, 6) is 0.893. The van der Waals surface area contributed by atoms with Gasteiger partial charge in [-0.2, -0.15) is 0 Å². The zero-order chi connectivity index (χ0) is 9.90. The second kappa shape index (κ2) is 4.43. The Hall–Kier alpha value is -0.0800. The van der Waals surface area contributed by atoms with E-state index in [0.717, 1.165) is 18.8 Å². The molecule has 0 spiro atoms. The summed E-state index contributed by atoms with van der Waals surface area (Å²) in [5, 5.41) is 12.6. The number of hydrogen-bond acceptors (Lipinski definition) is 2. The molecule has 13 heavy (non-hydrogen) atoms. The van der Waals surface area contributed by atoms with Crippen LogP contribution >= 0.6 is 0 Å². The SMILES string of the molecule is CCC(C)(CCO)NC(C)C1CC1. The molecule has 1 aliphatic carbocycles. The summed E-state index contributed by atoms with van der Waals surface area (Å²) in [7, 11) is 0. The molecule has 0 saturated heterocycles. The second-order valence-corrected chi connectivity index (χ2v) is 4.66. The van der Waals surface area contributed by atoms with Gasteiger partial charge in [0.15, 0.2) is 0 Å². The highest BCUT2D eigenvalue weighted by Crippen LogP contribution is 2.33. The van der Waals surface area contributed by atoms with Crippen molar-refractivity contribution in [1.82, 2.24) is 5.32 Å². The van der Waals surface area contributed by atoms with E-state index in [2.05, 4.69) is 26.1 Å². The van der Waals surface area contributed by atoms with Crippen molar-refractivity contribution >= 4 is 0 Å². The quantitative estimate of drug-likeness (QED) is 0.662. The van der Waals surface area contributed by atoms with E-state index >= 15 is 0 Å². The molecular weight excluding hydrogens is 162 g/mol. The Morgan fingerprint density at radius 3 is 2.54 bits per heavy atom. The monoisotopic (exact) mass is 185 g/mol. The van der Waals surface area contributed by atoms with Crippen LogP contribution < -0.4 is 5.32 Å². The van der Waals surface area contributed by atoms with Gasteiger partial charge in [0.25, 0.3) is 0 Å². The third kappa shape index (κ3) is 3.28. The molecule has 1 rings (SSSR count). The highest BCUT2D eigenvalue weighted by molar-refractivity contribution is 4.90. The third-order valence-electron chi connectivity index (χ3n) is 3.35. The molecule has 2 atom stereocenters. The summed E-state index contributed by atoms with van der Waals surface area (Å²) in [5.41, 5.74) is 0.136. The molecule has 0 bridgehead atoms. The zero-order valence-electron chi connectivity index (χ0n) is 9.14. The molecule has 0 radical (unpaired) electrons. The van der Waals surface area contributed by atoms with Gasteiger partial charge in [-0.05, 0) is 45.4 Å². The van der Waals surface area contributed by atoms with Crippen LogP contribution in [0.2, 0.25) is 0 Å². The Balaban J connectivity index is 2.36. The van der Waals surface area contributed by atoms with Crippen LogP contribution in [-0.2, 0) is 0 Å². The minimum Gasteiger partial charge on any atom is -0.396 e. The summed E-state index contributed by atoms with van der Waals surface area (Å²) in [6.07, 6.45) is 4.71. The predicted octanol–water partition coefficient (Wildman–Crippen LogP) is 1.93. The topological polar surface area (TPSA) is 32.3 Å². The lowest BCUT2D eigenvalue weighted by Crippen LogP contribution is -2.48. The molecule has 0 aliphatic heterocycles. The van der Waals surface area contributed by atoms with E-state index in [9.17, 15) is 0 Å². The highest BCUT2D eigenvalue weighted by Gasteiger charge is 2.32. The highest BCUT2D eigenvalue weighted by atomic mass is 16.3. The Bertz CT molecular complexity index is 156. The van der Waals surface area contributed by atoms with Crippen molar-refractivity contribution in [1.29, 1.82) is 0 Å². The van der Waals surface area contributed by atoms with E-state index in [1.807, 2.05) is 0 Å². The molecule has 1 fully saturated rings. The normalized spacial score (nSPS) is 24.0. The van der Waals surface area contributed by atoms with Gasteiger partial charge >= 0.3 is 0 Å². The number of aliphatic hydroxyl groups excluding tert-OH is 1. The Labute approximate surface area is 81.7 Å². The fraction of sp³-hybridized carbons (Fsp3) is 1.00. The fourth-order valence-electron chi connectivity index (χ4n) is 1.86. The first-order valence-electron chi connectivity index (χ1n) is 5.50. The molecule has 1 saturated carbocycles. The van der Waals surface area contributed by atoms with Gasteiger partial charge < -0.3 is 10.4 Å². The Morgan fingerprint density at radius 2 is 2.15 bits per heavy atom. The largest absolute Gasteiger partial charge is 0.396 e. The van der Waals surface area contributed by atoms with Gasteiger partial charge in [0, 0.05) is 18.2 Å². The van der Waals surface area contributed by atoms with E-state index in [1.54, 1.807) is 0 Å². The summed E-state index contributed by atoms with van der Waals surface area (Å²) in [4.78, 5) is 0. The molecular formula is C11H23NO. The van der Waals surface area contributed by atoms with Gasteiger partial charge in [0.2, 0.25) is 0 Å². The van der Waals surface area contributed by atoms with Gasteiger partial charge in [-0.1, -0.05) is 6.92 Å². The fourth-order valence-corrected chi connectivity index (χ4v) is 1.86. The van der Waals surface area contributed by atoms with Crippen LogP contribution in [0.3, 0.4) is 0 Å². The third-order valence-corrected chi connectivity index (χ3v) is 3.35. The summed E-state index contributed by atoms with van der Waals surface area (Å²) in [6, 6.07) is 0.622. The van der Waals surface area contributed by atoms with Crippen molar-refractivity contribution in [3.05, 3.63) is 0 Å². The minimum atomic E-state index is 0.136. The summed E-state index contributed by atoms with van der Waals surface area (Å²) in [6.45, 7) is 6.95.